The van der Waals surface area contributed by atoms with Crippen molar-refractivity contribution in [2.75, 3.05) is 6.54 Å². The van der Waals surface area contributed by atoms with Crippen molar-refractivity contribution in [1.29, 1.82) is 0 Å². The second-order valence-corrected chi connectivity index (χ2v) is 2.71. The molecule has 0 radical (unpaired) electrons. The molecule has 2 N–H and O–H groups in total. The number of carboxylic acid groups (broad SMARTS) is 1. The summed E-state index contributed by atoms with van der Waals surface area (Å²) >= 11 is 0. The quantitative estimate of drug-likeness (QED) is 0.559. The van der Waals surface area contributed by atoms with Crippen molar-refractivity contribution in [2.24, 2.45) is 11.8 Å². The van der Waals surface area contributed by atoms with E-state index in [-0.39, 0.29) is 12.5 Å². The Labute approximate surface area is 65.6 Å². The Morgan fingerprint density at radius 3 is 2.45 bits per heavy atom. The first-order chi connectivity index (χ1) is 5.09. The zero-order chi connectivity index (χ0) is 8.85. The Morgan fingerprint density at radius 2 is 2.18 bits per heavy atom. The predicted octanol–water partition coefficient (Wildman–Crippen LogP) is 0.0892. The molecule has 0 rings (SSSR count). The molecule has 1 atom stereocenters. The standard InChI is InChI=1S/C7H13NO3/c1-5(2)6(7(10)11)3-8-4-9/h4-6H,3H2,1-2H3,(H,8,9)(H,10,11)/t6-/m1/s1. The van der Waals surface area contributed by atoms with Crippen molar-refractivity contribution in [2.45, 2.75) is 13.8 Å². The summed E-state index contributed by atoms with van der Waals surface area (Å²) in [5.41, 5.74) is 0. The van der Waals surface area contributed by atoms with Gasteiger partial charge in [-0.05, 0) is 5.92 Å². The van der Waals surface area contributed by atoms with Gasteiger partial charge in [-0.2, -0.15) is 0 Å². The maximum absolute atomic E-state index is 10.5. The van der Waals surface area contributed by atoms with Gasteiger partial charge in [-0.25, -0.2) is 0 Å². The molecule has 0 aromatic carbocycles. The topological polar surface area (TPSA) is 66.4 Å². The molecule has 0 unspecified atom stereocenters. The molecule has 0 fully saturated rings. The van der Waals surface area contributed by atoms with Gasteiger partial charge in [0.2, 0.25) is 6.41 Å². The molecular weight excluding hydrogens is 146 g/mol. The molecule has 0 aromatic rings. The molecule has 11 heavy (non-hydrogen) atoms. The molecule has 0 saturated heterocycles. The summed E-state index contributed by atoms with van der Waals surface area (Å²) in [5, 5.41) is 11.0. The lowest BCUT2D eigenvalue weighted by atomic mass is 9.96. The van der Waals surface area contributed by atoms with Crippen LogP contribution in [0.25, 0.3) is 0 Å². The van der Waals surface area contributed by atoms with E-state index in [1.807, 2.05) is 13.8 Å². The number of hydrogen-bond acceptors (Lipinski definition) is 2. The van der Waals surface area contributed by atoms with Crippen molar-refractivity contribution in [3.05, 3.63) is 0 Å². The van der Waals surface area contributed by atoms with Crippen molar-refractivity contribution in [3.63, 3.8) is 0 Å². The van der Waals surface area contributed by atoms with Gasteiger partial charge in [-0.15, -0.1) is 0 Å². The van der Waals surface area contributed by atoms with Crippen LogP contribution in [0.2, 0.25) is 0 Å². The third kappa shape index (κ3) is 3.60. The van der Waals surface area contributed by atoms with E-state index in [0.717, 1.165) is 0 Å². The molecule has 0 heterocycles. The highest BCUT2D eigenvalue weighted by Gasteiger charge is 2.20. The lowest BCUT2D eigenvalue weighted by molar-refractivity contribution is -0.143. The van der Waals surface area contributed by atoms with Crippen molar-refractivity contribution >= 4 is 12.4 Å². The number of amides is 1. The monoisotopic (exact) mass is 159 g/mol. The summed E-state index contributed by atoms with van der Waals surface area (Å²) in [7, 11) is 0. The van der Waals surface area contributed by atoms with E-state index in [1.165, 1.54) is 0 Å². The maximum atomic E-state index is 10.5. The smallest absolute Gasteiger partial charge is 0.308 e. The third-order valence-electron chi connectivity index (χ3n) is 1.54. The minimum Gasteiger partial charge on any atom is -0.481 e. The maximum Gasteiger partial charge on any atom is 0.308 e. The van der Waals surface area contributed by atoms with Gasteiger partial charge in [0, 0.05) is 6.54 Å². The molecule has 64 valence electrons. The molecule has 1 amide bonds. The van der Waals surface area contributed by atoms with Crippen LogP contribution in [-0.4, -0.2) is 24.0 Å². The fraction of sp³-hybridized carbons (Fsp3) is 0.714. The van der Waals surface area contributed by atoms with Crippen LogP contribution in [0.1, 0.15) is 13.8 Å². The fourth-order valence-corrected chi connectivity index (χ4v) is 0.783. The minimum atomic E-state index is -0.866. The van der Waals surface area contributed by atoms with Gasteiger partial charge in [-0.1, -0.05) is 13.8 Å². The Hall–Kier alpha value is -1.06. The largest absolute Gasteiger partial charge is 0.481 e. The van der Waals surface area contributed by atoms with Gasteiger partial charge in [0.05, 0.1) is 5.92 Å². The van der Waals surface area contributed by atoms with Crippen LogP contribution in [0.5, 0.6) is 0 Å². The van der Waals surface area contributed by atoms with Crippen LogP contribution >= 0.6 is 0 Å². The van der Waals surface area contributed by atoms with E-state index in [1.54, 1.807) is 0 Å². The van der Waals surface area contributed by atoms with Crippen molar-refractivity contribution in [1.82, 2.24) is 5.32 Å². The zero-order valence-electron chi connectivity index (χ0n) is 6.70. The van der Waals surface area contributed by atoms with Gasteiger partial charge in [0.1, 0.15) is 0 Å². The lowest BCUT2D eigenvalue weighted by Gasteiger charge is -2.14. The highest BCUT2D eigenvalue weighted by atomic mass is 16.4. The van der Waals surface area contributed by atoms with Gasteiger partial charge >= 0.3 is 5.97 Å². The van der Waals surface area contributed by atoms with E-state index < -0.39 is 11.9 Å². The van der Waals surface area contributed by atoms with E-state index in [4.69, 9.17) is 5.11 Å². The molecule has 0 aliphatic carbocycles. The summed E-state index contributed by atoms with van der Waals surface area (Å²) in [6, 6.07) is 0. The number of nitrogens with one attached hydrogen (secondary N) is 1. The molecule has 0 aromatic heterocycles. The number of rotatable bonds is 5. The summed E-state index contributed by atoms with van der Waals surface area (Å²) < 4.78 is 0. The molecule has 0 spiro atoms. The van der Waals surface area contributed by atoms with Crippen LogP contribution in [-0.2, 0) is 9.59 Å². The van der Waals surface area contributed by atoms with Gasteiger partial charge in [0.25, 0.3) is 0 Å². The van der Waals surface area contributed by atoms with Gasteiger partial charge in [0.15, 0.2) is 0 Å². The van der Waals surface area contributed by atoms with E-state index >= 15 is 0 Å². The number of carboxylic acids is 1. The van der Waals surface area contributed by atoms with Crippen LogP contribution in [0, 0.1) is 11.8 Å². The average molecular weight is 159 g/mol. The predicted molar refractivity (Wildman–Crippen MR) is 40.0 cm³/mol. The Kier molecular flexibility index (Phi) is 4.26. The van der Waals surface area contributed by atoms with Crippen LogP contribution < -0.4 is 5.32 Å². The molecule has 0 aliphatic heterocycles. The summed E-state index contributed by atoms with van der Waals surface area (Å²) in [4.78, 5) is 20.3. The normalized spacial score (nSPS) is 12.6. The average Bonchev–Trinajstić information content (AvgIpc) is 1.87. The van der Waals surface area contributed by atoms with Crippen LogP contribution in [0.4, 0.5) is 0 Å². The van der Waals surface area contributed by atoms with Crippen molar-refractivity contribution < 1.29 is 14.7 Å². The number of carbonyl (C=O) groups excluding carboxylic acids is 1. The molecule has 4 heteroatoms. The summed E-state index contributed by atoms with van der Waals surface area (Å²) in [5.74, 6) is -1.31. The summed E-state index contributed by atoms with van der Waals surface area (Å²) in [6.45, 7) is 3.83. The van der Waals surface area contributed by atoms with E-state index in [2.05, 4.69) is 5.32 Å². The molecule has 0 saturated carbocycles. The second kappa shape index (κ2) is 4.71. The third-order valence-corrected chi connectivity index (χ3v) is 1.54. The first-order valence-corrected chi connectivity index (χ1v) is 3.49. The highest BCUT2D eigenvalue weighted by molar-refractivity contribution is 5.71. The van der Waals surface area contributed by atoms with Gasteiger partial charge < -0.3 is 10.4 Å². The first kappa shape index (κ1) is 9.94. The first-order valence-electron chi connectivity index (χ1n) is 3.49. The minimum absolute atomic E-state index is 0.0416. The van der Waals surface area contributed by atoms with Crippen molar-refractivity contribution in [3.8, 4) is 0 Å². The van der Waals surface area contributed by atoms with Crippen LogP contribution in [0.3, 0.4) is 0 Å². The van der Waals surface area contributed by atoms with E-state index in [0.29, 0.717) is 6.41 Å². The SMILES string of the molecule is CC(C)[C@@H](CNC=O)C(=O)O. The zero-order valence-corrected chi connectivity index (χ0v) is 6.70. The molecule has 0 bridgehead atoms. The fourth-order valence-electron chi connectivity index (χ4n) is 0.783. The highest BCUT2D eigenvalue weighted by Crippen LogP contribution is 2.08. The Bertz CT molecular complexity index is 145. The molecule has 4 nitrogen and oxygen atoms in total. The molecular formula is C7H13NO3. The number of carbonyl (C=O) groups is 2. The summed E-state index contributed by atoms with van der Waals surface area (Å²) in [6.07, 6.45) is 0.512. The molecule has 0 aliphatic rings. The Balaban J connectivity index is 3.89. The van der Waals surface area contributed by atoms with Crippen LogP contribution in [0.15, 0.2) is 0 Å². The number of aliphatic carboxylic acids is 1. The lowest BCUT2D eigenvalue weighted by Crippen LogP contribution is -2.31. The number of hydrogen-bond donors (Lipinski definition) is 2. The second-order valence-electron chi connectivity index (χ2n) is 2.71. The Morgan fingerprint density at radius 1 is 1.64 bits per heavy atom. The van der Waals surface area contributed by atoms with E-state index in [9.17, 15) is 9.59 Å². The van der Waals surface area contributed by atoms with Gasteiger partial charge in [-0.3, -0.25) is 9.59 Å².